The fourth-order valence-corrected chi connectivity index (χ4v) is 4.43. The van der Waals surface area contributed by atoms with Crippen molar-refractivity contribution in [1.29, 1.82) is 0 Å². The number of para-hydroxylation sites is 1. The number of hydrogen-bond donors (Lipinski definition) is 2. The second kappa shape index (κ2) is 7.90. The minimum Gasteiger partial charge on any atom is -0.493 e. The number of hydrazine groups is 1. The lowest BCUT2D eigenvalue weighted by Crippen LogP contribution is -2.40. The Hall–Kier alpha value is -3.06. The van der Waals surface area contributed by atoms with Gasteiger partial charge in [0.05, 0.1) is 12.0 Å². The number of aryl methyl sites for hydroxylation is 2. The maximum atomic E-state index is 12.3. The molecule has 1 aliphatic carbocycles. The molecule has 0 bridgehead atoms. The average molecular weight is 396 g/mol. The van der Waals surface area contributed by atoms with Crippen LogP contribution in [0.3, 0.4) is 0 Å². The zero-order valence-electron chi connectivity index (χ0n) is 15.4. The predicted molar refractivity (Wildman–Crippen MR) is 108 cm³/mol. The largest absolute Gasteiger partial charge is 0.493 e. The molecule has 0 radical (unpaired) electrons. The maximum absolute atomic E-state index is 12.3. The number of thiophene rings is 1. The number of amides is 2. The van der Waals surface area contributed by atoms with Crippen LogP contribution in [0.5, 0.6) is 5.75 Å². The fourth-order valence-electron chi connectivity index (χ4n) is 3.28. The molecular weight excluding hydrogens is 376 g/mol. The predicted octanol–water partition coefficient (Wildman–Crippen LogP) is 3.86. The molecule has 0 unspecified atom stereocenters. The first kappa shape index (κ1) is 18.3. The Morgan fingerprint density at radius 2 is 2.04 bits per heavy atom. The molecule has 0 atom stereocenters. The van der Waals surface area contributed by atoms with E-state index in [4.69, 9.17) is 9.15 Å². The van der Waals surface area contributed by atoms with Gasteiger partial charge in [0.15, 0.2) is 11.3 Å². The molecule has 2 N–H and O–H groups in total. The maximum Gasteiger partial charge on any atom is 0.279 e. The Morgan fingerprint density at radius 3 is 2.86 bits per heavy atom. The second-order valence-electron chi connectivity index (χ2n) is 6.57. The molecule has 1 aliphatic rings. The number of nitrogens with one attached hydrogen (secondary N) is 2. The highest BCUT2D eigenvalue weighted by molar-refractivity contribution is 7.14. The van der Waals surface area contributed by atoms with Gasteiger partial charge in [-0.2, -0.15) is 0 Å². The molecule has 2 heterocycles. The summed E-state index contributed by atoms with van der Waals surface area (Å²) in [6.45, 7) is 0. The summed E-state index contributed by atoms with van der Waals surface area (Å²) in [5.74, 6) is 0.413. The normalized spacial score (nSPS) is 13.5. The van der Waals surface area contributed by atoms with E-state index in [0.29, 0.717) is 22.0 Å². The van der Waals surface area contributed by atoms with Gasteiger partial charge in [0, 0.05) is 16.3 Å². The number of ether oxygens (including phenoxy) is 1. The number of rotatable bonds is 4. The lowest BCUT2D eigenvalue weighted by Gasteiger charge is -2.08. The van der Waals surface area contributed by atoms with E-state index in [1.165, 1.54) is 40.7 Å². The number of carbonyl (C=O) groups is 2. The van der Waals surface area contributed by atoms with Gasteiger partial charge in [-0.15, -0.1) is 11.3 Å². The Kier molecular flexibility index (Phi) is 5.16. The van der Waals surface area contributed by atoms with Crippen molar-refractivity contribution < 1.29 is 18.7 Å². The van der Waals surface area contributed by atoms with E-state index in [-0.39, 0.29) is 5.91 Å². The van der Waals surface area contributed by atoms with E-state index in [1.807, 2.05) is 30.3 Å². The van der Waals surface area contributed by atoms with Gasteiger partial charge in [0.2, 0.25) is 0 Å². The topological polar surface area (TPSA) is 80.6 Å². The summed E-state index contributed by atoms with van der Waals surface area (Å²) >= 11 is 1.50. The standard InChI is InChI=1S/C21H20N2O4S/c1-26-16-7-4-6-14-11-15(27-20(14)16)9-10-19(24)22-23-21(25)18-12-13-5-2-3-8-17(13)28-18/h4,6-7,9-12H,2-3,5,8H2,1H3,(H,22,24)(H,23,25)/b10-9+. The van der Waals surface area contributed by atoms with Gasteiger partial charge in [0.1, 0.15) is 5.76 Å². The zero-order valence-corrected chi connectivity index (χ0v) is 16.2. The summed E-state index contributed by atoms with van der Waals surface area (Å²) in [5, 5.41) is 0.884. The Balaban J connectivity index is 1.36. The molecule has 0 saturated carbocycles. The van der Waals surface area contributed by atoms with Crippen molar-refractivity contribution in [2.24, 2.45) is 0 Å². The van der Waals surface area contributed by atoms with Crippen LogP contribution in [0.1, 0.15) is 38.7 Å². The molecule has 1 aromatic carbocycles. The molecule has 144 valence electrons. The van der Waals surface area contributed by atoms with Crippen LogP contribution in [0.4, 0.5) is 0 Å². The zero-order chi connectivity index (χ0) is 19.5. The van der Waals surface area contributed by atoms with Crippen molar-refractivity contribution >= 4 is 40.2 Å². The van der Waals surface area contributed by atoms with Crippen molar-refractivity contribution in [1.82, 2.24) is 10.9 Å². The van der Waals surface area contributed by atoms with Crippen LogP contribution in [-0.4, -0.2) is 18.9 Å². The lowest BCUT2D eigenvalue weighted by molar-refractivity contribution is -0.117. The second-order valence-corrected chi connectivity index (χ2v) is 7.71. The summed E-state index contributed by atoms with van der Waals surface area (Å²) in [6, 6.07) is 9.33. The van der Waals surface area contributed by atoms with Gasteiger partial charge in [-0.05, 0) is 55.5 Å². The lowest BCUT2D eigenvalue weighted by atomic mass is 9.99. The highest BCUT2D eigenvalue weighted by Crippen LogP contribution is 2.30. The molecule has 0 saturated heterocycles. The molecule has 0 aliphatic heterocycles. The van der Waals surface area contributed by atoms with Crippen molar-refractivity contribution in [2.45, 2.75) is 25.7 Å². The highest BCUT2D eigenvalue weighted by atomic mass is 32.1. The summed E-state index contributed by atoms with van der Waals surface area (Å²) in [7, 11) is 1.58. The van der Waals surface area contributed by atoms with E-state index < -0.39 is 5.91 Å². The first-order chi connectivity index (χ1) is 13.6. The van der Waals surface area contributed by atoms with Gasteiger partial charge in [-0.3, -0.25) is 20.4 Å². The number of benzene rings is 1. The van der Waals surface area contributed by atoms with Crippen LogP contribution in [0, 0.1) is 0 Å². The quantitative estimate of drug-likeness (QED) is 0.518. The van der Waals surface area contributed by atoms with Gasteiger partial charge in [0.25, 0.3) is 11.8 Å². The molecule has 3 aromatic rings. The number of furan rings is 1. The molecule has 7 heteroatoms. The minimum atomic E-state index is -0.443. The van der Waals surface area contributed by atoms with Crippen molar-refractivity contribution in [2.75, 3.05) is 7.11 Å². The summed E-state index contributed by atoms with van der Waals surface area (Å²) in [6.07, 6.45) is 7.25. The number of methoxy groups -OCH3 is 1. The van der Waals surface area contributed by atoms with Crippen molar-refractivity contribution in [3.63, 3.8) is 0 Å². The average Bonchev–Trinajstić information content (AvgIpc) is 3.33. The molecule has 28 heavy (non-hydrogen) atoms. The third kappa shape index (κ3) is 3.80. The Labute approximate surface area is 166 Å². The third-order valence-corrected chi connectivity index (χ3v) is 5.90. The number of fused-ring (bicyclic) bond motifs is 2. The van der Waals surface area contributed by atoms with Gasteiger partial charge < -0.3 is 9.15 Å². The van der Waals surface area contributed by atoms with Gasteiger partial charge in [-0.25, -0.2) is 0 Å². The third-order valence-electron chi connectivity index (χ3n) is 4.67. The molecular formula is C21H20N2O4S. The highest BCUT2D eigenvalue weighted by Gasteiger charge is 2.17. The molecule has 2 amide bonds. The molecule has 0 spiro atoms. The Morgan fingerprint density at radius 1 is 1.18 bits per heavy atom. The smallest absolute Gasteiger partial charge is 0.279 e. The number of carbonyl (C=O) groups excluding carboxylic acids is 2. The van der Waals surface area contributed by atoms with E-state index in [0.717, 1.165) is 18.2 Å². The SMILES string of the molecule is COc1cccc2cc(/C=C/C(=O)NNC(=O)c3cc4c(s3)CCCC4)oc12. The van der Waals surface area contributed by atoms with Crippen LogP contribution < -0.4 is 15.6 Å². The molecule has 2 aromatic heterocycles. The van der Waals surface area contributed by atoms with E-state index in [9.17, 15) is 9.59 Å². The van der Waals surface area contributed by atoms with Crippen LogP contribution in [0.15, 0.2) is 40.8 Å². The molecule has 4 rings (SSSR count). The summed E-state index contributed by atoms with van der Waals surface area (Å²) in [5.41, 5.74) is 6.74. The fraction of sp³-hybridized carbons (Fsp3) is 0.238. The van der Waals surface area contributed by atoms with Crippen LogP contribution in [0.2, 0.25) is 0 Å². The van der Waals surface area contributed by atoms with Gasteiger partial charge >= 0.3 is 0 Å². The monoisotopic (exact) mass is 396 g/mol. The molecule has 6 nitrogen and oxygen atoms in total. The van der Waals surface area contributed by atoms with E-state index in [2.05, 4.69) is 10.9 Å². The van der Waals surface area contributed by atoms with Crippen LogP contribution in [-0.2, 0) is 17.6 Å². The molecule has 0 fully saturated rings. The summed E-state index contributed by atoms with van der Waals surface area (Å²) < 4.78 is 11.0. The minimum absolute atomic E-state index is 0.297. The Bertz CT molecular complexity index is 1040. The van der Waals surface area contributed by atoms with E-state index in [1.54, 1.807) is 13.2 Å². The summed E-state index contributed by atoms with van der Waals surface area (Å²) in [4.78, 5) is 26.2. The van der Waals surface area contributed by atoms with Gasteiger partial charge in [-0.1, -0.05) is 12.1 Å². The first-order valence-electron chi connectivity index (χ1n) is 9.10. The number of hydrogen-bond acceptors (Lipinski definition) is 5. The van der Waals surface area contributed by atoms with E-state index >= 15 is 0 Å². The van der Waals surface area contributed by atoms with Crippen molar-refractivity contribution in [3.8, 4) is 5.75 Å². The van der Waals surface area contributed by atoms with Crippen LogP contribution in [0.25, 0.3) is 17.0 Å². The van der Waals surface area contributed by atoms with Crippen molar-refractivity contribution in [3.05, 3.63) is 57.5 Å². The van der Waals surface area contributed by atoms with Crippen LogP contribution >= 0.6 is 11.3 Å². The first-order valence-corrected chi connectivity index (χ1v) is 9.92.